The maximum Gasteiger partial charge on any atom is 0.324 e. The van der Waals surface area contributed by atoms with Gasteiger partial charge in [0, 0.05) is 11.6 Å². The molecule has 23 heavy (non-hydrogen) atoms. The predicted molar refractivity (Wildman–Crippen MR) is 77.6 cm³/mol. The normalized spacial score (nSPS) is 10.4. The summed E-state index contributed by atoms with van der Waals surface area (Å²) in [5.41, 5.74) is -0.0305. The Morgan fingerprint density at radius 3 is 2.30 bits per heavy atom. The highest BCUT2D eigenvalue weighted by atomic mass is 16.6. The number of carbonyl (C=O) groups is 2. The first kappa shape index (κ1) is 16.2. The molecule has 0 unspecified atom stereocenters. The summed E-state index contributed by atoms with van der Waals surface area (Å²) >= 11 is 0. The lowest BCUT2D eigenvalue weighted by Gasteiger charge is -2.13. The zero-order valence-electron chi connectivity index (χ0n) is 12.3. The van der Waals surface area contributed by atoms with Crippen molar-refractivity contribution >= 4 is 17.6 Å². The molecule has 0 bridgehead atoms. The molecule has 1 heterocycles. The zero-order valence-corrected chi connectivity index (χ0v) is 12.3. The van der Waals surface area contributed by atoms with Gasteiger partial charge in [0.1, 0.15) is 5.76 Å². The van der Waals surface area contributed by atoms with Crippen LogP contribution in [0, 0.1) is 10.1 Å². The Bertz CT molecular complexity index is 720. The Morgan fingerprint density at radius 1 is 1.17 bits per heavy atom. The van der Waals surface area contributed by atoms with E-state index >= 15 is 0 Å². The van der Waals surface area contributed by atoms with E-state index in [0.717, 1.165) is 14.2 Å². The monoisotopic (exact) mass is 319 g/mol. The second kappa shape index (κ2) is 6.73. The molecule has 1 aromatic heterocycles. The van der Waals surface area contributed by atoms with Gasteiger partial charge in [-0.1, -0.05) is 0 Å². The van der Waals surface area contributed by atoms with E-state index in [4.69, 9.17) is 4.42 Å². The molecule has 120 valence electrons. The van der Waals surface area contributed by atoms with E-state index < -0.39 is 22.8 Å². The number of methoxy groups -OCH3 is 2. The van der Waals surface area contributed by atoms with Crippen LogP contribution < -0.4 is 0 Å². The third kappa shape index (κ3) is 3.20. The van der Waals surface area contributed by atoms with E-state index in [-0.39, 0.29) is 11.3 Å². The van der Waals surface area contributed by atoms with E-state index in [9.17, 15) is 19.7 Å². The molecule has 2 rings (SSSR count). The van der Waals surface area contributed by atoms with Crippen molar-refractivity contribution in [2.45, 2.75) is 5.92 Å². The Labute approximate surface area is 130 Å². The molecule has 0 saturated carbocycles. The third-order valence-electron chi connectivity index (χ3n) is 3.21. The fourth-order valence-electron chi connectivity index (χ4n) is 2.13. The van der Waals surface area contributed by atoms with Crippen molar-refractivity contribution in [1.29, 1.82) is 0 Å². The fourth-order valence-corrected chi connectivity index (χ4v) is 2.13. The number of rotatable bonds is 5. The summed E-state index contributed by atoms with van der Waals surface area (Å²) in [4.78, 5) is 34.4. The molecule has 0 aliphatic rings. The van der Waals surface area contributed by atoms with Crippen LogP contribution in [0.5, 0.6) is 0 Å². The lowest BCUT2D eigenvalue weighted by atomic mass is 9.94. The molecule has 0 N–H and O–H groups in total. The van der Waals surface area contributed by atoms with Crippen molar-refractivity contribution in [2.24, 2.45) is 0 Å². The van der Waals surface area contributed by atoms with E-state index in [1.54, 1.807) is 12.1 Å². The first-order valence-corrected chi connectivity index (χ1v) is 6.47. The zero-order chi connectivity index (χ0) is 17.0. The number of benzene rings is 1. The molecule has 0 amide bonds. The Kier molecular flexibility index (Phi) is 4.75. The quantitative estimate of drug-likeness (QED) is 0.360. The van der Waals surface area contributed by atoms with Crippen LogP contribution in [-0.4, -0.2) is 31.1 Å². The molecule has 2 aromatic rings. The largest absolute Gasteiger partial charge is 0.468 e. The molecular weight excluding hydrogens is 306 g/mol. The van der Waals surface area contributed by atoms with Crippen molar-refractivity contribution in [3.05, 3.63) is 52.3 Å². The van der Waals surface area contributed by atoms with Crippen LogP contribution in [0.2, 0.25) is 0 Å². The Balaban J connectivity index is 2.64. The van der Waals surface area contributed by atoms with Gasteiger partial charge in [-0.3, -0.25) is 19.7 Å². The average molecular weight is 319 g/mol. The van der Waals surface area contributed by atoms with Crippen LogP contribution in [0.3, 0.4) is 0 Å². The van der Waals surface area contributed by atoms with Crippen LogP contribution in [0.15, 0.2) is 41.0 Å². The second-order valence-electron chi connectivity index (χ2n) is 4.49. The van der Waals surface area contributed by atoms with Gasteiger partial charge in [-0.05, 0) is 24.3 Å². The standard InChI is InChI=1S/C15H13NO7/c1-21-14(17)13(15(18)22-2)10-8-9(12-4-3-7-23-12)5-6-11(10)16(19)20/h3-8,13H,1-2H3. The van der Waals surface area contributed by atoms with Gasteiger partial charge in [0.2, 0.25) is 0 Å². The number of nitrogens with zero attached hydrogens (tertiary/aromatic N) is 1. The van der Waals surface area contributed by atoms with Gasteiger partial charge in [-0.2, -0.15) is 0 Å². The lowest BCUT2D eigenvalue weighted by Crippen LogP contribution is -2.25. The van der Waals surface area contributed by atoms with Crippen molar-refractivity contribution in [3.8, 4) is 11.3 Å². The number of esters is 2. The molecule has 0 fully saturated rings. The number of ether oxygens (including phenoxy) is 2. The highest BCUT2D eigenvalue weighted by molar-refractivity contribution is 6.02. The molecule has 8 nitrogen and oxygen atoms in total. The van der Waals surface area contributed by atoms with E-state index in [0.29, 0.717) is 11.3 Å². The van der Waals surface area contributed by atoms with Crippen molar-refractivity contribution in [3.63, 3.8) is 0 Å². The molecule has 0 radical (unpaired) electrons. The highest BCUT2D eigenvalue weighted by Gasteiger charge is 2.36. The Hall–Kier alpha value is -3.16. The maximum atomic E-state index is 11.9. The van der Waals surface area contributed by atoms with Crippen LogP contribution in [-0.2, 0) is 19.1 Å². The second-order valence-corrected chi connectivity index (χ2v) is 4.49. The van der Waals surface area contributed by atoms with Gasteiger partial charge in [0.15, 0.2) is 5.92 Å². The average Bonchev–Trinajstić information content (AvgIpc) is 3.08. The van der Waals surface area contributed by atoms with Crippen LogP contribution in [0.25, 0.3) is 11.3 Å². The number of hydrogen-bond acceptors (Lipinski definition) is 7. The number of furan rings is 1. The van der Waals surface area contributed by atoms with Crippen molar-refractivity contribution in [1.82, 2.24) is 0 Å². The van der Waals surface area contributed by atoms with Gasteiger partial charge < -0.3 is 13.9 Å². The van der Waals surface area contributed by atoms with E-state index in [1.807, 2.05) is 0 Å². The third-order valence-corrected chi connectivity index (χ3v) is 3.21. The number of carbonyl (C=O) groups excluding carboxylic acids is 2. The molecule has 0 saturated heterocycles. The SMILES string of the molecule is COC(=O)C(C(=O)OC)c1cc(-c2ccco2)ccc1[N+](=O)[O-]. The predicted octanol–water partition coefficient (Wildman–Crippen LogP) is 2.28. The van der Waals surface area contributed by atoms with Gasteiger partial charge in [-0.15, -0.1) is 0 Å². The summed E-state index contributed by atoms with van der Waals surface area (Å²) in [7, 11) is 2.17. The summed E-state index contributed by atoms with van der Waals surface area (Å²) < 4.78 is 14.4. The summed E-state index contributed by atoms with van der Waals surface area (Å²) in [5, 5.41) is 11.2. The number of nitro groups is 1. The van der Waals surface area contributed by atoms with Crippen LogP contribution in [0.1, 0.15) is 11.5 Å². The molecule has 1 aromatic carbocycles. The van der Waals surface area contributed by atoms with E-state index in [1.165, 1.54) is 24.5 Å². The van der Waals surface area contributed by atoms with Gasteiger partial charge in [-0.25, -0.2) is 0 Å². The lowest BCUT2D eigenvalue weighted by molar-refractivity contribution is -0.385. The molecule has 0 aliphatic carbocycles. The fraction of sp³-hybridized carbons (Fsp3) is 0.200. The summed E-state index contributed by atoms with van der Waals surface area (Å²) in [5.74, 6) is -3.01. The molecular formula is C15H13NO7. The van der Waals surface area contributed by atoms with Crippen LogP contribution >= 0.6 is 0 Å². The molecule has 8 heteroatoms. The first-order chi connectivity index (χ1) is 11.0. The first-order valence-electron chi connectivity index (χ1n) is 6.47. The summed E-state index contributed by atoms with van der Waals surface area (Å²) in [6, 6.07) is 7.30. The molecule has 0 spiro atoms. The van der Waals surface area contributed by atoms with Gasteiger partial charge >= 0.3 is 11.9 Å². The van der Waals surface area contributed by atoms with E-state index in [2.05, 4.69) is 9.47 Å². The minimum Gasteiger partial charge on any atom is -0.468 e. The van der Waals surface area contributed by atoms with Crippen molar-refractivity contribution in [2.75, 3.05) is 14.2 Å². The Morgan fingerprint density at radius 2 is 1.83 bits per heavy atom. The smallest absolute Gasteiger partial charge is 0.324 e. The van der Waals surface area contributed by atoms with Crippen LogP contribution in [0.4, 0.5) is 5.69 Å². The van der Waals surface area contributed by atoms with Crippen molar-refractivity contribution < 1.29 is 28.4 Å². The minimum atomic E-state index is -1.56. The summed E-state index contributed by atoms with van der Waals surface area (Å²) in [6.45, 7) is 0. The number of hydrogen-bond donors (Lipinski definition) is 0. The van der Waals surface area contributed by atoms with Gasteiger partial charge in [0.25, 0.3) is 5.69 Å². The molecule has 0 aliphatic heterocycles. The van der Waals surface area contributed by atoms with Gasteiger partial charge in [0.05, 0.1) is 31.0 Å². The summed E-state index contributed by atoms with van der Waals surface area (Å²) in [6.07, 6.45) is 1.44. The molecule has 0 atom stereocenters. The maximum absolute atomic E-state index is 11.9. The number of nitro benzene ring substituents is 1. The topological polar surface area (TPSA) is 109 Å². The minimum absolute atomic E-state index is 0.123. The highest BCUT2D eigenvalue weighted by Crippen LogP contribution is 2.33.